The molecule has 0 unspecified atom stereocenters. The van der Waals surface area contributed by atoms with E-state index in [1.807, 2.05) is 5.38 Å². The van der Waals surface area contributed by atoms with Gasteiger partial charge in [0.1, 0.15) is 0 Å². The number of nitrogens with zero attached hydrogens (tertiary/aromatic N) is 1. The maximum atomic E-state index is 11.9. The summed E-state index contributed by atoms with van der Waals surface area (Å²) in [6.07, 6.45) is 6.16. The summed E-state index contributed by atoms with van der Waals surface area (Å²) in [5.74, 6) is 0.502. The molecule has 0 atom stereocenters. The van der Waals surface area contributed by atoms with Crippen LogP contribution >= 0.6 is 11.3 Å². The standard InChI is InChI=1S/C13H18N2O2S/c16-11(7-13(17)5-1-2-6-13)15-12-14-10(8-18-12)9-3-4-9/h8-9,17H,1-7H2,(H,14,15,16). The van der Waals surface area contributed by atoms with Gasteiger partial charge in [0.25, 0.3) is 0 Å². The molecule has 1 amide bonds. The molecule has 4 nitrogen and oxygen atoms in total. The van der Waals surface area contributed by atoms with E-state index in [2.05, 4.69) is 10.3 Å². The smallest absolute Gasteiger partial charge is 0.229 e. The van der Waals surface area contributed by atoms with Crippen LogP contribution in [0.25, 0.3) is 0 Å². The average Bonchev–Trinajstić information content (AvgIpc) is 2.93. The lowest BCUT2D eigenvalue weighted by Gasteiger charge is -2.20. The predicted molar refractivity (Wildman–Crippen MR) is 70.8 cm³/mol. The highest BCUT2D eigenvalue weighted by Crippen LogP contribution is 2.41. The predicted octanol–water partition coefficient (Wildman–Crippen LogP) is 2.65. The van der Waals surface area contributed by atoms with Gasteiger partial charge in [-0.3, -0.25) is 4.79 Å². The molecule has 1 aromatic heterocycles. The summed E-state index contributed by atoms with van der Waals surface area (Å²) in [7, 11) is 0. The molecular weight excluding hydrogens is 248 g/mol. The highest BCUT2D eigenvalue weighted by molar-refractivity contribution is 7.13. The molecule has 0 spiro atoms. The van der Waals surface area contributed by atoms with E-state index in [1.54, 1.807) is 0 Å². The average molecular weight is 266 g/mol. The van der Waals surface area contributed by atoms with Crippen molar-refractivity contribution in [1.82, 2.24) is 4.98 Å². The Morgan fingerprint density at radius 1 is 1.50 bits per heavy atom. The molecule has 2 aliphatic carbocycles. The van der Waals surface area contributed by atoms with Crippen molar-refractivity contribution in [3.63, 3.8) is 0 Å². The highest BCUT2D eigenvalue weighted by atomic mass is 32.1. The van der Waals surface area contributed by atoms with E-state index in [9.17, 15) is 9.90 Å². The van der Waals surface area contributed by atoms with Crippen molar-refractivity contribution in [3.05, 3.63) is 11.1 Å². The number of hydrogen-bond acceptors (Lipinski definition) is 4. The number of aromatic nitrogens is 1. The second kappa shape index (κ2) is 4.63. The fraction of sp³-hybridized carbons (Fsp3) is 0.692. The van der Waals surface area contributed by atoms with E-state index in [-0.39, 0.29) is 12.3 Å². The molecule has 0 radical (unpaired) electrons. The summed E-state index contributed by atoms with van der Waals surface area (Å²) in [6.45, 7) is 0. The van der Waals surface area contributed by atoms with Gasteiger partial charge in [-0.15, -0.1) is 11.3 Å². The minimum atomic E-state index is -0.777. The van der Waals surface area contributed by atoms with Crippen LogP contribution in [-0.2, 0) is 4.79 Å². The van der Waals surface area contributed by atoms with Gasteiger partial charge in [-0.25, -0.2) is 4.98 Å². The second-order valence-electron chi connectivity index (χ2n) is 5.51. The van der Waals surface area contributed by atoms with Crippen LogP contribution in [0.3, 0.4) is 0 Å². The molecule has 18 heavy (non-hydrogen) atoms. The second-order valence-corrected chi connectivity index (χ2v) is 6.37. The molecule has 2 aliphatic rings. The van der Waals surface area contributed by atoms with Crippen LogP contribution < -0.4 is 5.32 Å². The largest absolute Gasteiger partial charge is 0.389 e. The summed E-state index contributed by atoms with van der Waals surface area (Å²) in [5.41, 5.74) is 0.329. The Kier molecular flexibility index (Phi) is 3.11. The molecular formula is C13H18N2O2S. The van der Waals surface area contributed by atoms with Gasteiger partial charge in [0.15, 0.2) is 5.13 Å². The molecule has 5 heteroatoms. The van der Waals surface area contributed by atoms with Crippen LogP contribution in [0.4, 0.5) is 5.13 Å². The molecule has 3 rings (SSSR count). The van der Waals surface area contributed by atoms with E-state index < -0.39 is 5.60 Å². The zero-order valence-electron chi connectivity index (χ0n) is 10.3. The lowest BCUT2D eigenvalue weighted by atomic mass is 9.98. The van der Waals surface area contributed by atoms with Gasteiger partial charge < -0.3 is 10.4 Å². The van der Waals surface area contributed by atoms with E-state index in [4.69, 9.17) is 0 Å². The van der Waals surface area contributed by atoms with Gasteiger partial charge in [-0.1, -0.05) is 12.8 Å². The summed E-state index contributed by atoms with van der Waals surface area (Å²) < 4.78 is 0. The topological polar surface area (TPSA) is 62.2 Å². The van der Waals surface area contributed by atoms with Crippen molar-refractivity contribution >= 4 is 22.4 Å². The number of rotatable bonds is 4. The lowest BCUT2D eigenvalue weighted by molar-refractivity contribution is -0.120. The molecule has 98 valence electrons. The van der Waals surface area contributed by atoms with Gasteiger partial charge in [0.05, 0.1) is 17.7 Å². The Hall–Kier alpha value is -0.940. The first-order valence-corrected chi connectivity index (χ1v) is 7.50. The summed E-state index contributed by atoms with van der Waals surface area (Å²) in [5, 5.41) is 15.7. The molecule has 2 N–H and O–H groups in total. The Balaban J connectivity index is 1.56. The first kappa shape index (κ1) is 12.1. The monoisotopic (exact) mass is 266 g/mol. The van der Waals surface area contributed by atoms with Crippen molar-refractivity contribution in [2.45, 2.75) is 56.5 Å². The van der Waals surface area contributed by atoms with Crippen LogP contribution in [0.1, 0.15) is 56.6 Å². The number of amides is 1. The summed E-state index contributed by atoms with van der Waals surface area (Å²) in [4.78, 5) is 16.3. The van der Waals surface area contributed by atoms with Crippen molar-refractivity contribution in [2.24, 2.45) is 0 Å². The summed E-state index contributed by atoms with van der Waals surface area (Å²) >= 11 is 1.48. The first-order chi connectivity index (χ1) is 8.65. The third-order valence-corrected chi connectivity index (χ3v) is 4.56. The molecule has 0 saturated heterocycles. The zero-order chi connectivity index (χ0) is 12.6. The minimum Gasteiger partial charge on any atom is -0.389 e. The lowest BCUT2D eigenvalue weighted by Crippen LogP contribution is -2.30. The molecule has 2 fully saturated rings. The number of aliphatic hydroxyl groups is 1. The minimum absolute atomic E-state index is 0.115. The zero-order valence-corrected chi connectivity index (χ0v) is 11.1. The van der Waals surface area contributed by atoms with Crippen LogP contribution in [-0.4, -0.2) is 21.6 Å². The fourth-order valence-electron chi connectivity index (χ4n) is 2.58. The van der Waals surface area contributed by atoms with Gasteiger partial charge in [0.2, 0.25) is 5.91 Å². The molecule has 0 aromatic carbocycles. The van der Waals surface area contributed by atoms with Crippen LogP contribution in [0.2, 0.25) is 0 Å². The number of nitrogens with one attached hydrogen (secondary N) is 1. The third kappa shape index (κ3) is 2.72. The quantitative estimate of drug-likeness (QED) is 0.880. The SMILES string of the molecule is O=C(CC1(O)CCCC1)Nc1nc(C2CC2)cs1. The number of hydrogen-bond donors (Lipinski definition) is 2. The van der Waals surface area contributed by atoms with E-state index >= 15 is 0 Å². The van der Waals surface area contributed by atoms with Crippen molar-refractivity contribution in [1.29, 1.82) is 0 Å². The first-order valence-electron chi connectivity index (χ1n) is 6.62. The van der Waals surface area contributed by atoms with Crippen LogP contribution in [0.15, 0.2) is 5.38 Å². The van der Waals surface area contributed by atoms with Gasteiger partial charge in [0, 0.05) is 11.3 Å². The third-order valence-electron chi connectivity index (χ3n) is 3.79. The van der Waals surface area contributed by atoms with Crippen molar-refractivity contribution < 1.29 is 9.90 Å². The van der Waals surface area contributed by atoms with Crippen molar-refractivity contribution in [3.8, 4) is 0 Å². The van der Waals surface area contributed by atoms with Crippen molar-refractivity contribution in [2.75, 3.05) is 5.32 Å². The maximum absolute atomic E-state index is 11.9. The number of carbonyl (C=O) groups excluding carboxylic acids is 1. The van der Waals surface area contributed by atoms with E-state index in [1.165, 1.54) is 24.2 Å². The molecule has 0 bridgehead atoms. The Bertz CT molecular complexity index is 448. The van der Waals surface area contributed by atoms with Crippen LogP contribution in [0, 0.1) is 0 Å². The molecule has 2 saturated carbocycles. The van der Waals surface area contributed by atoms with Gasteiger partial charge in [-0.2, -0.15) is 0 Å². The number of anilines is 1. The number of carbonyl (C=O) groups is 1. The highest BCUT2D eigenvalue weighted by Gasteiger charge is 2.33. The number of thiazole rings is 1. The Labute approximate surface area is 110 Å². The normalized spacial score (nSPS) is 22.1. The molecule has 0 aliphatic heterocycles. The van der Waals surface area contributed by atoms with E-state index in [0.29, 0.717) is 11.0 Å². The van der Waals surface area contributed by atoms with Gasteiger partial charge in [-0.05, 0) is 25.7 Å². The maximum Gasteiger partial charge on any atom is 0.229 e. The van der Waals surface area contributed by atoms with Gasteiger partial charge >= 0.3 is 0 Å². The molecule has 1 heterocycles. The fourth-order valence-corrected chi connectivity index (χ4v) is 3.39. The summed E-state index contributed by atoms with van der Waals surface area (Å²) in [6, 6.07) is 0. The Morgan fingerprint density at radius 3 is 2.89 bits per heavy atom. The van der Waals surface area contributed by atoms with E-state index in [0.717, 1.165) is 31.4 Å². The van der Waals surface area contributed by atoms with Crippen LogP contribution in [0.5, 0.6) is 0 Å². The Morgan fingerprint density at radius 2 is 2.22 bits per heavy atom. The molecule has 1 aromatic rings.